The molecule has 1 atom stereocenters. The molecule has 5 nitrogen and oxygen atoms in total. The Labute approximate surface area is 113 Å². The van der Waals surface area contributed by atoms with Gasteiger partial charge in [0.25, 0.3) is 0 Å². The molecular formula is C14H20N2O3. The van der Waals surface area contributed by atoms with Gasteiger partial charge in [0.1, 0.15) is 11.9 Å². The molecule has 1 aliphatic rings. The van der Waals surface area contributed by atoms with E-state index in [4.69, 9.17) is 15.2 Å². The van der Waals surface area contributed by atoms with E-state index in [1.165, 1.54) is 0 Å². The van der Waals surface area contributed by atoms with Gasteiger partial charge in [-0.25, -0.2) is 4.79 Å². The number of carbonyl (C=O) groups is 1. The van der Waals surface area contributed by atoms with Crippen LogP contribution in [0.3, 0.4) is 0 Å². The maximum Gasteiger partial charge on any atom is 0.410 e. The van der Waals surface area contributed by atoms with Crippen LogP contribution in [0, 0.1) is 0 Å². The molecule has 1 fully saturated rings. The molecule has 1 unspecified atom stereocenters. The first-order valence-electron chi connectivity index (χ1n) is 6.63. The molecule has 0 saturated carbocycles. The molecule has 2 N–H and O–H groups in total. The van der Waals surface area contributed by atoms with Gasteiger partial charge in [-0.15, -0.1) is 0 Å². The summed E-state index contributed by atoms with van der Waals surface area (Å²) in [5.74, 6) is 0.802. The van der Waals surface area contributed by atoms with E-state index in [-0.39, 0.29) is 12.2 Å². The van der Waals surface area contributed by atoms with Crippen LogP contribution in [-0.2, 0) is 4.74 Å². The number of nitrogens with two attached hydrogens (primary N) is 1. The molecule has 1 aromatic carbocycles. The van der Waals surface area contributed by atoms with Crippen molar-refractivity contribution in [2.75, 3.05) is 26.2 Å². The summed E-state index contributed by atoms with van der Waals surface area (Å²) in [6, 6.07) is 7.69. The van der Waals surface area contributed by atoms with E-state index >= 15 is 0 Å². The first-order valence-corrected chi connectivity index (χ1v) is 6.63. The SMILES string of the molecule is CCOc1cccc(C2CN(CCCN)C(=O)O2)c1. The average Bonchev–Trinajstić information content (AvgIpc) is 2.79. The maximum atomic E-state index is 11.7. The third kappa shape index (κ3) is 3.38. The lowest BCUT2D eigenvalue weighted by Gasteiger charge is -2.12. The van der Waals surface area contributed by atoms with Crippen molar-refractivity contribution >= 4 is 6.09 Å². The molecule has 0 spiro atoms. The van der Waals surface area contributed by atoms with Gasteiger partial charge in [0.05, 0.1) is 13.2 Å². The number of amides is 1. The summed E-state index contributed by atoms with van der Waals surface area (Å²) in [5, 5.41) is 0. The van der Waals surface area contributed by atoms with Gasteiger partial charge in [-0.1, -0.05) is 12.1 Å². The summed E-state index contributed by atoms with van der Waals surface area (Å²) < 4.78 is 10.8. The number of hydrogen-bond donors (Lipinski definition) is 1. The normalized spacial score (nSPS) is 18.5. The lowest BCUT2D eigenvalue weighted by atomic mass is 10.1. The monoisotopic (exact) mass is 264 g/mol. The number of benzene rings is 1. The van der Waals surface area contributed by atoms with Gasteiger partial charge in [0, 0.05) is 6.54 Å². The van der Waals surface area contributed by atoms with Gasteiger partial charge in [0.2, 0.25) is 0 Å². The van der Waals surface area contributed by atoms with Crippen molar-refractivity contribution in [3.8, 4) is 5.75 Å². The summed E-state index contributed by atoms with van der Waals surface area (Å²) in [4.78, 5) is 13.4. The first kappa shape index (κ1) is 13.7. The first-order chi connectivity index (χ1) is 9.24. The van der Waals surface area contributed by atoms with Gasteiger partial charge in [0.15, 0.2) is 0 Å². The van der Waals surface area contributed by atoms with Crippen molar-refractivity contribution < 1.29 is 14.3 Å². The standard InChI is InChI=1S/C14H20N2O3/c1-2-18-12-6-3-5-11(9-12)13-10-16(8-4-7-15)14(17)19-13/h3,5-6,9,13H,2,4,7-8,10,15H2,1H3. The van der Waals surface area contributed by atoms with E-state index in [0.717, 1.165) is 17.7 Å². The van der Waals surface area contributed by atoms with Crippen molar-refractivity contribution in [2.24, 2.45) is 5.73 Å². The summed E-state index contributed by atoms with van der Waals surface area (Å²) in [5.41, 5.74) is 6.42. The minimum atomic E-state index is -0.264. The van der Waals surface area contributed by atoms with Crippen molar-refractivity contribution in [3.05, 3.63) is 29.8 Å². The van der Waals surface area contributed by atoms with Gasteiger partial charge >= 0.3 is 6.09 Å². The highest BCUT2D eigenvalue weighted by Crippen LogP contribution is 2.28. The molecule has 19 heavy (non-hydrogen) atoms. The quantitative estimate of drug-likeness (QED) is 0.852. The van der Waals surface area contributed by atoms with Crippen LogP contribution in [0.4, 0.5) is 4.79 Å². The van der Waals surface area contributed by atoms with Gasteiger partial charge in [-0.3, -0.25) is 0 Å². The molecule has 0 radical (unpaired) electrons. The number of carbonyl (C=O) groups excluding carboxylic acids is 1. The third-order valence-electron chi connectivity index (χ3n) is 3.06. The molecule has 1 aromatic rings. The van der Waals surface area contributed by atoms with E-state index in [1.54, 1.807) is 4.90 Å². The average molecular weight is 264 g/mol. The van der Waals surface area contributed by atoms with Crippen LogP contribution in [0.25, 0.3) is 0 Å². The topological polar surface area (TPSA) is 64.8 Å². The second-order valence-electron chi connectivity index (χ2n) is 4.47. The second kappa shape index (κ2) is 6.43. The minimum absolute atomic E-state index is 0.217. The molecule has 0 aliphatic carbocycles. The van der Waals surface area contributed by atoms with Crippen LogP contribution in [0.15, 0.2) is 24.3 Å². The van der Waals surface area contributed by atoms with Crippen LogP contribution in [0.1, 0.15) is 25.0 Å². The molecule has 1 saturated heterocycles. The predicted molar refractivity (Wildman–Crippen MR) is 72.1 cm³/mol. The molecule has 0 bridgehead atoms. The Morgan fingerprint density at radius 1 is 1.53 bits per heavy atom. The fraction of sp³-hybridized carbons (Fsp3) is 0.500. The van der Waals surface area contributed by atoms with Gasteiger partial charge in [-0.05, 0) is 37.6 Å². The van der Waals surface area contributed by atoms with Crippen molar-refractivity contribution in [2.45, 2.75) is 19.4 Å². The Hall–Kier alpha value is -1.75. The number of cyclic esters (lactones) is 1. The molecule has 1 heterocycles. The van der Waals surface area contributed by atoms with E-state index in [0.29, 0.717) is 26.2 Å². The summed E-state index contributed by atoms with van der Waals surface area (Å²) in [7, 11) is 0. The van der Waals surface area contributed by atoms with E-state index in [2.05, 4.69) is 0 Å². The highest BCUT2D eigenvalue weighted by molar-refractivity contribution is 5.70. The number of ether oxygens (including phenoxy) is 2. The number of nitrogens with zero attached hydrogens (tertiary/aromatic N) is 1. The second-order valence-corrected chi connectivity index (χ2v) is 4.47. The van der Waals surface area contributed by atoms with Crippen LogP contribution in [-0.4, -0.2) is 37.2 Å². The highest BCUT2D eigenvalue weighted by Gasteiger charge is 2.31. The Bertz CT molecular complexity index is 436. The summed E-state index contributed by atoms with van der Waals surface area (Å²) in [6.07, 6.45) is 0.312. The predicted octanol–water partition coefficient (Wildman–Crippen LogP) is 1.93. The zero-order chi connectivity index (χ0) is 13.7. The van der Waals surface area contributed by atoms with E-state index in [1.807, 2.05) is 31.2 Å². The number of hydrogen-bond acceptors (Lipinski definition) is 4. The Kier molecular flexibility index (Phi) is 4.63. The zero-order valence-electron chi connectivity index (χ0n) is 11.2. The highest BCUT2D eigenvalue weighted by atomic mass is 16.6. The molecule has 5 heteroatoms. The van der Waals surface area contributed by atoms with Crippen LogP contribution < -0.4 is 10.5 Å². The van der Waals surface area contributed by atoms with E-state index in [9.17, 15) is 4.79 Å². The van der Waals surface area contributed by atoms with Crippen LogP contribution in [0.5, 0.6) is 5.75 Å². The molecule has 0 aromatic heterocycles. The number of rotatable bonds is 6. The van der Waals surface area contributed by atoms with Crippen molar-refractivity contribution in [1.29, 1.82) is 0 Å². The molecule has 1 amide bonds. The molecular weight excluding hydrogens is 244 g/mol. The largest absolute Gasteiger partial charge is 0.494 e. The molecule has 104 valence electrons. The Morgan fingerprint density at radius 2 is 2.37 bits per heavy atom. The van der Waals surface area contributed by atoms with Crippen molar-refractivity contribution in [3.63, 3.8) is 0 Å². The van der Waals surface area contributed by atoms with Crippen LogP contribution >= 0.6 is 0 Å². The molecule has 2 rings (SSSR count). The van der Waals surface area contributed by atoms with Gasteiger partial charge < -0.3 is 20.1 Å². The lowest BCUT2D eigenvalue weighted by Crippen LogP contribution is -2.27. The van der Waals surface area contributed by atoms with E-state index < -0.39 is 0 Å². The minimum Gasteiger partial charge on any atom is -0.494 e. The summed E-state index contributed by atoms with van der Waals surface area (Å²) in [6.45, 7) is 4.37. The van der Waals surface area contributed by atoms with Crippen molar-refractivity contribution in [1.82, 2.24) is 4.90 Å². The zero-order valence-corrected chi connectivity index (χ0v) is 11.2. The summed E-state index contributed by atoms with van der Waals surface area (Å²) >= 11 is 0. The third-order valence-corrected chi connectivity index (χ3v) is 3.06. The fourth-order valence-electron chi connectivity index (χ4n) is 2.12. The van der Waals surface area contributed by atoms with Crippen LogP contribution in [0.2, 0.25) is 0 Å². The lowest BCUT2D eigenvalue weighted by molar-refractivity contribution is 0.132. The maximum absolute atomic E-state index is 11.7. The smallest absolute Gasteiger partial charge is 0.410 e. The van der Waals surface area contributed by atoms with Gasteiger partial charge in [-0.2, -0.15) is 0 Å². The Balaban J connectivity index is 2.03. The Morgan fingerprint density at radius 3 is 3.11 bits per heavy atom. The molecule has 1 aliphatic heterocycles. The fourth-order valence-corrected chi connectivity index (χ4v) is 2.12.